The molecule has 0 unspecified atom stereocenters. The fourth-order valence-electron chi connectivity index (χ4n) is 2.20. The van der Waals surface area contributed by atoms with Gasteiger partial charge in [-0.25, -0.2) is 0 Å². The quantitative estimate of drug-likeness (QED) is 0.678. The van der Waals surface area contributed by atoms with E-state index in [2.05, 4.69) is 5.32 Å². The minimum Gasteiger partial charge on any atom is -0.497 e. The Balaban J connectivity index is 1.62. The highest BCUT2D eigenvalue weighted by Gasteiger charge is 2.11. The molecule has 0 saturated carbocycles. The van der Waals surface area contributed by atoms with Crippen molar-refractivity contribution in [3.8, 4) is 17.2 Å². The summed E-state index contributed by atoms with van der Waals surface area (Å²) < 4.78 is 16.0. The lowest BCUT2D eigenvalue weighted by Crippen LogP contribution is -2.15. The van der Waals surface area contributed by atoms with Crippen LogP contribution in [0.2, 0.25) is 0 Å². The van der Waals surface area contributed by atoms with E-state index >= 15 is 0 Å². The van der Waals surface area contributed by atoms with Gasteiger partial charge in [-0.2, -0.15) is 0 Å². The Bertz CT molecular complexity index is 722. The van der Waals surface area contributed by atoms with E-state index in [-0.39, 0.29) is 5.78 Å². The molecule has 0 fully saturated rings. The summed E-state index contributed by atoms with van der Waals surface area (Å²) in [7, 11) is 1.59. The third-order valence-electron chi connectivity index (χ3n) is 3.40. The highest BCUT2D eigenvalue weighted by Crippen LogP contribution is 2.32. The first-order valence-electron chi connectivity index (χ1n) is 7.27. The van der Waals surface area contributed by atoms with E-state index in [1.807, 2.05) is 18.2 Å². The first-order chi connectivity index (χ1) is 11.3. The van der Waals surface area contributed by atoms with Gasteiger partial charge in [0.05, 0.1) is 7.11 Å². The summed E-state index contributed by atoms with van der Waals surface area (Å²) in [6.07, 6.45) is 3.09. The standard InChI is InChI=1S/C18H17NO4/c1-21-15-5-2-13(3-6-15)16(20)8-9-19-14-4-7-17-18(12-14)23-11-10-22-17/h2-9,12,19H,10-11H2,1H3/b9-8+. The highest BCUT2D eigenvalue weighted by molar-refractivity contribution is 6.04. The molecule has 23 heavy (non-hydrogen) atoms. The second-order valence-electron chi connectivity index (χ2n) is 4.93. The maximum atomic E-state index is 12.1. The van der Waals surface area contributed by atoms with Gasteiger partial charge in [0.15, 0.2) is 17.3 Å². The first kappa shape index (κ1) is 15.0. The van der Waals surface area contributed by atoms with Gasteiger partial charge in [0.1, 0.15) is 19.0 Å². The van der Waals surface area contributed by atoms with Crippen molar-refractivity contribution < 1.29 is 19.0 Å². The van der Waals surface area contributed by atoms with Crippen molar-refractivity contribution in [3.63, 3.8) is 0 Å². The number of allylic oxidation sites excluding steroid dienone is 1. The van der Waals surface area contributed by atoms with Crippen LogP contribution in [0.3, 0.4) is 0 Å². The predicted molar refractivity (Wildman–Crippen MR) is 87.5 cm³/mol. The van der Waals surface area contributed by atoms with Crippen molar-refractivity contribution in [2.75, 3.05) is 25.6 Å². The average molecular weight is 311 g/mol. The summed E-state index contributed by atoms with van der Waals surface area (Å²) in [5.74, 6) is 2.08. The van der Waals surface area contributed by atoms with Crippen LogP contribution in [-0.2, 0) is 0 Å². The second-order valence-corrected chi connectivity index (χ2v) is 4.93. The molecule has 0 amide bonds. The van der Waals surface area contributed by atoms with Crippen molar-refractivity contribution in [3.05, 3.63) is 60.3 Å². The van der Waals surface area contributed by atoms with Crippen LogP contribution in [0.15, 0.2) is 54.7 Å². The molecule has 5 nitrogen and oxygen atoms in total. The maximum absolute atomic E-state index is 12.1. The number of nitrogens with one attached hydrogen (secondary N) is 1. The Kier molecular flexibility index (Phi) is 4.47. The largest absolute Gasteiger partial charge is 0.497 e. The number of hydrogen-bond donors (Lipinski definition) is 1. The van der Waals surface area contributed by atoms with Crippen LogP contribution in [-0.4, -0.2) is 26.1 Å². The van der Waals surface area contributed by atoms with Crippen molar-refractivity contribution in [2.24, 2.45) is 0 Å². The number of rotatable bonds is 5. The molecule has 1 heterocycles. The summed E-state index contributed by atoms with van der Waals surface area (Å²) in [5.41, 5.74) is 1.43. The zero-order chi connectivity index (χ0) is 16.1. The zero-order valence-electron chi connectivity index (χ0n) is 12.7. The highest BCUT2D eigenvalue weighted by atomic mass is 16.6. The number of carbonyl (C=O) groups excluding carboxylic acids is 1. The fraction of sp³-hybridized carbons (Fsp3) is 0.167. The summed E-state index contributed by atoms with van der Waals surface area (Å²) in [6.45, 7) is 1.11. The molecule has 1 aliphatic rings. The smallest absolute Gasteiger partial charge is 0.187 e. The number of anilines is 1. The Morgan fingerprint density at radius 3 is 2.57 bits per heavy atom. The third kappa shape index (κ3) is 3.63. The number of ether oxygens (including phenoxy) is 3. The lowest BCUT2D eigenvalue weighted by Gasteiger charge is -2.18. The molecule has 1 N–H and O–H groups in total. The van der Waals surface area contributed by atoms with Crippen LogP contribution in [0.5, 0.6) is 17.2 Å². The molecular weight excluding hydrogens is 294 g/mol. The van der Waals surface area contributed by atoms with Crippen LogP contribution in [0.4, 0.5) is 5.69 Å². The van der Waals surface area contributed by atoms with Gasteiger partial charge < -0.3 is 19.5 Å². The van der Waals surface area contributed by atoms with Crippen LogP contribution in [0.25, 0.3) is 0 Å². The number of ketones is 1. The lowest BCUT2D eigenvalue weighted by molar-refractivity contribution is 0.104. The molecule has 0 radical (unpaired) electrons. The number of fused-ring (bicyclic) bond motifs is 1. The van der Waals surface area contributed by atoms with E-state index in [1.54, 1.807) is 37.6 Å². The summed E-state index contributed by atoms with van der Waals surface area (Å²) in [5, 5.41) is 3.06. The molecule has 3 rings (SSSR count). The Morgan fingerprint density at radius 1 is 1.09 bits per heavy atom. The number of methoxy groups -OCH3 is 1. The molecule has 1 aliphatic heterocycles. The average Bonchev–Trinajstić information content (AvgIpc) is 2.61. The minimum atomic E-state index is -0.0855. The molecule has 0 atom stereocenters. The Labute approximate surface area is 134 Å². The van der Waals surface area contributed by atoms with Gasteiger partial charge in [-0.1, -0.05) is 0 Å². The van der Waals surface area contributed by atoms with E-state index in [1.165, 1.54) is 6.08 Å². The van der Waals surface area contributed by atoms with E-state index < -0.39 is 0 Å². The first-order valence-corrected chi connectivity index (χ1v) is 7.27. The van der Waals surface area contributed by atoms with E-state index in [9.17, 15) is 4.79 Å². The monoisotopic (exact) mass is 311 g/mol. The SMILES string of the molecule is COc1ccc(C(=O)/C=C/Nc2ccc3c(c2)OCCO3)cc1. The lowest BCUT2D eigenvalue weighted by atomic mass is 10.1. The molecule has 0 saturated heterocycles. The molecule has 0 aliphatic carbocycles. The van der Waals surface area contributed by atoms with Crippen molar-refractivity contribution in [2.45, 2.75) is 0 Å². The normalized spacial score (nSPS) is 12.9. The van der Waals surface area contributed by atoms with Gasteiger partial charge in [-0.05, 0) is 36.4 Å². The third-order valence-corrected chi connectivity index (χ3v) is 3.40. The van der Waals surface area contributed by atoms with E-state index in [0.29, 0.717) is 24.5 Å². The summed E-state index contributed by atoms with van der Waals surface area (Å²) >= 11 is 0. The topological polar surface area (TPSA) is 56.8 Å². The number of hydrogen-bond acceptors (Lipinski definition) is 5. The predicted octanol–water partition coefficient (Wildman–Crippen LogP) is 3.27. The number of benzene rings is 2. The van der Waals surface area contributed by atoms with Gasteiger partial charge in [0.2, 0.25) is 0 Å². The summed E-state index contributed by atoms with van der Waals surface area (Å²) in [4.78, 5) is 12.1. The molecule has 2 aromatic carbocycles. The van der Waals surface area contributed by atoms with Crippen molar-refractivity contribution in [1.29, 1.82) is 0 Å². The Morgan fingerprint density at radius 2 is 1.83 bits per heavy atom. The van der Waals surface area contributed by atoms with Crippen molar-refractivity contribution >= 4 is 11.5 Å². The minimum absolute atomic E-state index is 0.0855. The maximum Gasteiger partial charge on any atom is 0.187 e. The van der Waals surface area contributed by atoms with Gasteiger partial charge >= 0.3 is 0 Å². The Hall–Kier alpha value is -2.95. The zero-order valence-corrected chi connectivity index (χ0v) is 12.7. The summed E-state index contributed by atoms with van der Waals surface area (Å²) in [6, 6.07) is 12.5. The molecule has 0 aromatic heterocycles. The van der Waals surface area contributed by atoms with Gasteiger partial charge in [-0.3, -0.25) is 4.79 Å². The van der Waals surface area contributed by atoms with Crippen LogP contribution in [0.1, 0.15) is 10.4 Å². The molecule has 5 heteroatoms. The van der Waals surface area contributed by atoms with Crippen LogP contribution >= 0.6 is 0 Å². The van der Waals surface area contributed by atoms with Gasteiger partial charge in [0, 0.05) is 29.6 Å². The second kappa shape index (κ2) is 6.87. The molecule has 2 aromatic rings. The van der Waals surface area contributed by atoms with Crippen LogP contribution < -0.4 is 19.5 Å². The van der Waals surface area contributed by atoms with Gasteiger partial charge in [-0.15, -0.1) is 0 Å². The number of carbonyl (C=O) groups is 1. The van der Waals surface area contributed by atoms with E-state index in [0.717, 1.165) is 17.2 Å². The molecular formula is C18H17NO4. The molecule has 0 spiro atoms. The molecule has 118 valence electrons. The fourth-order valence-corrected chi connectivity index (χ4v) is 2.20. The van der Waals surface area contributed by atoms with Crippen molar-refractivity contribution in [1.82, 2.24) is 0 Å². The van der Waals surface area contributed by atoms with Crippen LogP contribution in [0, 0.1) is 0 Å². The van der Waals surface area contributed by atoms with E-state index in [4.69, 9.17) is 14.2 Å². The van der Waals surface area contributed by atoms with Gasteiger partial charge in [0.25, 0.3) is 0 Å². The molecule has 0 bridgehead atoms.